The zero-order chi connectivity index (χ0) is 20.9. The highest BCUT2D eigenvalue weighted by Crippen LogP contribution is 2.40. The summed E-state index contributed by atoms with van der Waals surface area (Å²) in [6.07, 6.45) is 8.28. The summed E-state index contributed by atoms with van der Waals surface area (Å²) in [5.74, 6) is 1.46. The highest BCUT2D eigenvalue weighted by molar-refractivity contribution is 6.00. The molecule has 8 nitrogen and oxygen atoms in total. The van der Waals surface area contributed by atoms with E-state index in [9.17, 15) is 4.79 Å². The largest absolute Gasteiger partial charge is 0.351 e. The van der Waals surface area contributed by atoms with Crippen molar-refractivity contribution in [2.45, 2.75) is 45.6 Å². The van der Waals surface area contributed by atoms with Crippen LogP contribution in [0, 0.1) is 5.41 Å². The molecule has 1 fully saturated rings. The molecule has 0 saturated heterocycles. The fourth-order valence-corrected chi connectivity index (χ4v) is 4.67. The van der Waals surface area contributed by atoms with Crippen LogP contribution in [0.15, 0.2) is 30.6 Å². The van der Waals surface area contributed by atoms with Gasteiger partial charge in [-0.1, -0.05) is 12.8 Å². The minimum absolute atomic E-state index is 0.0963. The zero-order valence-corrected chi connectivity index (χ0v) is 17.6. The lowest BCUT2D eigenvalue weighted by atomic mass is 9.91. The van der Waals surface area contributed by atoms with E-state index in [1.54, 1.807) is 17.3 Å². The molecule has 1 aliphatic heterocycles. The minimum Gasteiger partial charge on any atom is -0.351 e. The van der Waals surface area contributed by atoms with Crippen molar-refractivity contribution in [1.82, 2.24) is 20.2 Å². The fourth-order valence-electron chi connectivity index (χ4n) is 4.67. The Labute approximate surface area is 175 Å². The van der Waals surface area contributed by atoms with E-state index < -0.39 is 5.41 Å². The maximum Gasteiger partial charge on any atom is 0.234 e. The van der Waals surface area contributed by atoms with Gasteiger partial charge in [0.1, 0.15) is 5.69 Å². The molecule has 0 spiro atoms. The molecule has 2 N–H and O–H groups in total. The van der Waals surface area contributed by atoms with Crippen LogP contribution in [0.3, 0.4) is 0 Å². The summed E-state index contributed by atoms with van der Waals surface area (Å²) in [7, 11) is 1.82. The molecule has 8 heteroatoms. The van der Waals surface area contributed by atoms with Crippen LogP contribution in [0.2, 0.25) is 0 Å². The number of hydrogen-bond acceptors (Lipinski definition) is 6. The molecule has 1 aromatic carbocycles. The molecule has 0 radical (unpaired) electrons. The van der Waals surface area contributed by atoms with E-state index in [-0.39, 0.29) is 5.91 Å². The maximum absolute atomic E-state index is 13.1. The predicted molar refractivity (Wildman–Crippen MR) is 118 cm³/mol. The van der Waals surface area contributed by atoms with Crippen molar-refractivity contribution in [2.24, 2.45) is 5.41 Å². The van der Waals surface area contributed by atoms with Crippen LogP contribution in [0.25, 0.3) is 10.9 Å². The first-order valence-electron chi connectivity index (χ1n) is 10.5. The van der Waals surface area contributed by atoms with Gasteiger partial charge in [0.25, 0.3) is 0 Å². The van der Waals surface area contributed by atoms with Crippen LogP contribution in [-0.2, 0) is 4.79 Å². The van der Waals surface area contributed by atoms with Crippen LogP contribution in [0.1, 0.15) is 39.5 Å². The van der Waals surface area contributed by atoms with Gasteiger partial charge in [0.05, 0.1) is 23.3 Å². The van der Waals surface area contributed by atoms with Gasteiger partial charge in [0.2, 0.25) is 11.9 Å². The Hall–Kier alpha value is -3.16. The van der Waals surface area contributed by atoms with E-state index in [4.69, 9.17) is 4.98 Å². The molecule has 1 saturated carbocycles. The third-order valence-corrected chi connectivity index (χ3v) is 6.29. The average molecular weight is 406 g/mol. The number of aromatic nitrogens is 4. The van der Waals surface area contributed by atoms with Gasteiger partial charge in [-0.25, -0.2) is 4.98 Å². The summed E-state index contributed by atoms with van der Waals surface area (Å²) in [4.78, 5) is 26.6. The average Bonchev–Trinajstić information content (AvgIpc) is 3.41. The number of nitrogens with one attached hydrogen (secondary N) is 2. The van der Waals surface area contributed by atoms with E-state index in [0.29, 0.717) is 18.5 Å². The van der Waals surface area contributed by atoms with Crippen molar-refractivity contribution in [3.8, 4) is 0 Å². The Morgan fingerprint density at radius 2 is 2.00 bits per heavy atom. The molecular weight excluding hydrogens is 378 g/mol. The number of fused-ring (bicyclic) bond motifs is 2. The topological polar surface area (TPSA) is 90.0 Å². The fraction of sp³-hybridized carbons (Fsp3) is 0.455. The number of amides is 1. The first kappa shape index (κ1) is 18.8. The van der Waals surface area contributed by atoms with E-state index in [1.165, 1.54) is 12.8 Å². The number of benzene rings is 1. The second-order valence-corrected chi connectivity index (χ2v) is 9.01. The van der Waals surface area contributed by atoms with Crippen LogP contribution in [0.4, 0.5) is 23.1 Å². The van der Waals surface area contributed by atoms with Crippen LogP contribution in [-0.4, -0.2) is 45.7 Å². The molecule has 1 aliphatic carbocycles. The lowest BCUT2D eigenvalue weighted by Crippen LogP contribution is -2.45. The second-order valence-electron chi connectivity index (χ2n) is 9.01. The van der Waals surface area contributed by atoms with Crippen molar-refractivity contribution >= 4 is 40.0 Å². The van der Waals surface area contributed by atoms with E-state index >= 15 is 0 Å². The standard InChI is InChI=1S/C22H27N7O/c1-22(2)13-29(16-6-4-5-7-16)19-18(28(3)20(22)30)12-23-21(26-19)25-15-8-9-17-14(10-15)11-24-27-17/h8-12,16H,4-7,13H2,1-3H3,(H,24,27)(H,23,25,26). The molecule has 1 amide bonds. The summed E-state index contributed by atoms with van der Waals surface area (Å²) in [5.41, 5.74) is 2.17. The van der Waals surface area contributed by atoms with Crippen LogP contribution >= 0.6 is 0 Å². The number of nitrogens with zero attached hydrogens (tertiary/aromatic N) is 5. The molecule has 30 heavy (non-hydrogen) atoms. The van der Waals surface area contributed by atoms with E-state index in [0.717, 1.165) is 40.9 Å². The maximum atomic E-state index is 13.1. The van der Waals surface area contributed by atoms with E-state index in [2.05, 4.69) is 25.4 Å². The summed E-state index contributed by atoms with van der Waals surface area (Å²) in [6.45, 7) is 4.70. The second kappa shape index (κ2) is 6.97. The number of hydrogen-bond donors (Lipinski definition) is 2. The normalized spacial score (nSPS) is 19.2. The molecule has 3 heterocycles. The molecule has 0 bridgehead atoms. The Morgan fingerprint density at radius 1 is 1.20 bits per heavy atom. The summed E-state index contributed by atoms with van der Waals surface area (Å²) in [6, 6.07) is 6.38. The van der Waals surface area contributed by atoms with Gasteiger partial charge in [-0.05, 0) is 44.9 Å². The first-order valence-corrected chi connectivity index (χ1v) is 10.5. The Bertz CT molecular complexity index is 1100. The Morgan fingerprint density at radius 3 is 2.80 bits per heavy atom. The third-order valence-electron chi connectivity index (χ3n) is 6.29. The quantitative estimate of drug-likeness (QED) is 0.688. The number of aromatic amines is 1. The lowest BCUT2D eigenvalue weighted by molar-refractivity contribution is -0.125. The van der Waals surface area contributed by atoms with Gasteiger partial charge in [-0.2, -0.15) is 10.1 Å². The number of H-pyrrole nitrogens is 1. The summed E-state index contributed by atoms with van der Waals surface area (Å²) < 4.78 is 0. The molecule has 0 unspecified atom stereocenters. The number of carbonyl (C=O) groups excluding carboxylic acids is 1. The predicted octanol–water partition coefficient (Wildman–Crippen LogP) is 3.85. The molecule has 5 rings (SSSR count). The van der Waals surface area contributed by atoms with E-state index in [1.807, 2.05) is 39.1 Å². The Balaban J connectivity index is 1.54. The van der Waals surface area contributed by atoms with Gasteiger partial charge >= 0.3 is 0 Å². The van der Waals surface area contributed by atoms with Crippen molar-refractivity contribution < 1.29 is 4.79 Å². The smallest absolute Gasteiger partial charge is 0.234 e. The third kappa shape index (κ3) is 3.16. The first-order chi connectivity index (χ1) is 14.4. The molecule has 2 aliphatic rings. The zero-order valence-electron chi connectivity index (χ0n) is 17.6. The lowest BCUT2D eigenvalue weighted by Gasteiger charge is -2.34. The highest BCUT2D eigenvalue weighted by Gasteiger charge is 2.41. The monoisotopic (exact) mass is 405 g/mol. The van der Waals surface area contributed by atoms with Crippen molar-refractivity contribution in [1.29, 1.82) is 0 Å². The van der Waals surface area contributed by atoms with Crippen LogP contribution in [0.5, 0.6) is 0 Å². The number of anilines is 4. The van der Waals surface area contributed by atoms with Crippen molar-refractivity contribution in [3.05, 3.63) is 30.6 Å². The van der Waals surface area contributed by atoms with Crippen molar-refractivity contribution in [3.63, 3.8) is 0 Å². The van der Waals surface area contributed by atoms with Gasteiger partial charge in [-0.3, -0.25) is 9.89 Å². The summed E-state index contributed by atoms with van der Waals surface area (Å²) >= 11 is 0. The Kier molecular flexibility index (Phi) is 4.38. The molecule has 0 atom stereocenters. The van der Waals surface area contributed by atoms with Gasteiger partial charge in [-0.15, -0.1) is 0 Å². The molecule has 3 aromatic rings. The molecule has 156 valence electrons. The molecule has 2 aromatic heterocycles. The molecular formula is C22H27N7O. The summed E-state index contributed by atoms with van der Waals surface area (Å²) in [5, 5.41) is 11.4. The van der Waals surface area contributed by atoms with Crippen molar-refractivity contribution in [2.75, 3.05) is 28.7 Å². The number of rotatable bonds is 3. The van der Waals surface area contributed by atoms with Gasteiger partial charge < -0.3 is 15.1 Å². The van der Waals surface area contributed by atoms with Gasteiger partial charge in [0, 0.05) is 30.7 Å². The number of carbonyl (C=O) groups is 1. The van der Waals surface area contributed by atoms with Gasteiger partial charge in [0.15, 0.2) is 5.82 Å². The van der Waals surface area contributed by atoms with Crippen LogP contribution < -0.4 is 15.1 Å². The highest BCUT2D eigenvalue weighted by atomic mass is 16.2. The SMILES string of the molecule is CN1C(=O)C(C)(C)CN(C2CCCC2)c2nc(Nc3ccc4[nH]ncc4c3)ncc21. The minimum atomic E-state index is -0.488.